The molecule has 2 heterocycles. The average molecular weight is 445 g/mol. The lowest BCUT2D eigenvalue weighted by Gasteiger charge is -2.22. The van der Waals surface area contributed by atoms with Crippen molar-refractivity contribution in [2.75, 3.05) is 13.7 Å². The van der Waals surface area contributed by atoms with Gasteiger partial charge in [-0.15, -0.1) is 24.0 Å². The summed E-state index contributed by atoms with van der Waals surface area (Å²) in [6.45, 7) is 4.27. The summed E-state index contributed by atoms with van der Waals surface area (Å²) in [5, 5.41) is 6.88. The van der Waals surface area contributed by atoms with Gasteiger partial charge in [-0.1, -0.05) is 24.3 Å². The van der Waals surface area contributed by atoms with Gasteiger partial charge in [0.25, 0.3) is 0 Å². The summed E-state index contributed by atoms with van der Waals surface area (Å²) in [4.78, 5) is 4.71. The first-order valence-corrected chi connectivity index (χ1v) is 8.55. The molecule has 2 bridgehead atoms. The Morgan fingerprint density at radius 1 is 1.25 bits per heavy atom. The van der Waals surface area contributed by atoms with Crippen LogP contribution in [0.2, 0.25) is 0 Å². The third kappa shape index (κ3) is 5.07. The summed E-state index contributed by atoms with van der Waals surface area (Å²) < 4.78 is 11.0. The largest absolute Gasteiger partial charge is 0.380 e. The zero-order valence-corrected chi connectivity index (χ0v) is 16.8. The van der Waals surface area contributed by atoms with Crippen LogP contribution in [0.1, 0.15) is 37.3 Å². The second-order valence-corrected chi connectivity index (χ2v) is 6.31. The monoisotopic (exact) mass is 445 g/mol. The van der Waals surface area contributed by atoms with Crippen LogP contribution < -0.4 is 10.6 Å². The fourth-order valence-corrected chi connectivity index (χ4v) is 3.36. The second-order valence-electron chi connectivity index (χ2n) is 6.31. The summed E-state index contributed by atoms with van der Waals surface area (Å²) in [6.07, 6.45) is 4.29. The fourth-order valence-electron chi connectivity index (χ4n) is 3.36. The van der Waals surface area contributed by atoms with Crippen molar-refractivity contribution in [3.63, 3.8) is 0 Å². The van der Waals surface area contributed by atoms with Gasteiger partial charge in [0.05, 0.1) is 31.4 Å². The van der Waals surface area contributed by atoms with E-state index >= 15 is 0 Å². The maximum Gasteiger partial charge on any atom is 0.191 e. The Morgan fingerprint density at radius 3 is 2.58 bits per heavy atom. The van der Waals surface area contributed by atoms with Gasteiger partial charge in [-0.25, -0.2) is 4.99 Å². The van der Waals surface area contributed by atoms with Gasteiger partial charge in [-0.05, 0) is 37.3 Å². The van der Waals surface area contributed by atoms with Crippen molar-refractivity contribution in [1.29, 1.82) is 0 Å². The van der Waals surface area contributed by atoms with E-state index in [-0.39, 0.29) is 24.0 Å². The first-order chi connectivity index (χ1) is 11.3. The number of halogens is 1. The van der Waals surface area contributed by atoms with E-state index in [9.17, 15) is 0 Å². The molecule has 24 heavy (non-hydrogen) atoms. The molecule has 2 fully saturated rings. The lowest BCUT2D eigenvalue weighted by molar-refractivity contribution is 0.0992. The number of fused-ring (bicyclic) bond motifs is 2. The van der Waals surface area contributed by atoms with E-state index in [0.29, 0.717) is 31.4 Å². The molecule has 0 aliphatic carbocycles. The van der Waals surface area contributed by atoms with Crippen LogP contribution in [0.3, 0.4) is 0 Å². The number of aliphatic imine (C=N–C) groups is 1. The van der Waals surface area contributed by atoms with Crippen LogP contribution in [0.15, 0.2) is 29.3 Å². The molecule has 0 amide bonds. The van der Waals surface area contributed by atoms with Crippen molar-refractivity contribution in [3.8, 4) is 0 Å². The molecule has 1 aromatic rings. The zero-order chi connectivity index (χ0) is 16.1. The van der Waals surface area contributed by atoms with Crippen molar-refractivity contribution in [3.05, 3.63) is 35.4 Å². The maximum atomic E-state index is 5.91. The van der Waals surface area contributed by atoms with Crippen LogP contribution in [0.5, 0.6) is 0 Å². The third-order valence-electron chi connectivity index (χ3n) is 4.53. The SMILES string of the molecule is CCNC(=NCc1ccc(COC)cc1)NC1CC2CCC1O2.I. The summed E-state index contributed by atoms with van der Waals surface area (Å²) >= 11 is 0. The maximum absolute atomic E-state index is 5.91. The first-order valence-electron chi connectivity index (χ1n) is 8.55. The van der Waals surface area contributed by atoms with Crippen molar-refractivity contribution in [2.45, 2.75) is 57.6 Å². The molecule has 2 aliphatic heterocycles. The van der Waals surface area contributed by atoms with Crippen molar-refractivity contribution in [1.82, 2.24) is 10.6 Å². The van der Waals surface area contributed by atoms with Crippen LogP contribution in [-0.4, -0.2) is 37.9 Å². The Hall–Kier alpha value is -0.860. The number of nitrogens with zero attached hydrogens (tertiary/aromatic N) is 1. The molecule has 2 saturated heterocycles. The molecular formula is C18H28IN3O2. The van der Waals surface area contributed by atoms with Gasteiger partial charge in [0.2, 0.25) is 0 Å². The minimum absolute atomic E-state index is 0. The van der Waals surface area contributed by atoms with Gasteiger partial charge in [0.15, 0.2) is 5.96 Å². The van der Waals surface area contributed by atoms with Crippen molar-refractivity contribution in [2.24, 2.45) is 4.99 Å². The fraction of sp³-hybridized carbons (Fsp3) is 0.611. The Bertz CT molecular complexity index is 536. The molecule has 3 unspecified atom stereocenters. The normalized spacial score (nSPS) is 25.4. The predicted molar refractivity (Wildman–Crippen MR) is 107 cm³/mol. The Balaban J connectivity index is 0.00000208. The number of hydrogen-bond acceptors (Lipinski definition) is 3. The number of rotatable bonds is 6. The molecule has 134 valence electrons. The quantitative estimate of drug-likeness (QED) is 0.402. The molecule has 5 nitrogen and oxygen atoms in total. The summed E-state index contributed by atoms with van der Waals surface area (Å²) in [5.41, 5.74) is 2.38. The third-order valence-corrected chi connectivity index (χ3v) is 4.53. The number of ether oxygens (including phenoxy) is 2. The van der Waals surface area contributed by atoms with Crippen molar-refractivity contribution < 1.29 is 9.47 Å². The van der Waals surface area contributed by atoms with Gasteiger partial charge >= 0.3 is 0 Å². The number of methoxy groups -OCH3 is 1. The Kier molecular flexibility index (Phi) is 7.77. The highest BCUT2D eigenvalue weighted by atomic mass is 127. The Morgan fingerprint density at radius 2 is 2.00 bits per heavy atom. The molecule has 2 aliphatic rings. The summed E-state index contributed by atoms with van der Waals surface area (Å²) in [5.74, 6) is 0.884. The number of nitrogens with one attached hydrogen (secondary N) is 2. The van der Waals surface area contributed by atoms with Crippen LogP contribution >= 0.6 is 24.0 Å². The van der Waals surface area contributed by atoms with E-state index in [4.69, 9.17) is 14.5 Å². The molecule has 0 saturated carbocycles. The van der Waals surface area contributed by atoms with E-state index in [1.54, 1.807) is 7.11 Å². The number of benzene rings is 1. The van der Waals surface area contributed by atoms with E-state index in [1.165, 1.54) is 24.0 Å². The molecule has 3 atom stereocenters. The molecule has 3 rings (SSSR count). The Labute approximate surface area is 161 Å². The minimum atomic E-state index is 0. The molecule has 0 aromatic heterocycles. The van der Waals surface area contributed by atoms with E-state index < -0.39 is 0 Å². The highest BCUT2D eigenvalue weighted by molar-refractivity contribution is 14.0. The summed E-state index contributed by atoms with van der Waals surface area (Å²) in [6, 6.07) is 8.82. The van der Waals surface area contributed by atoms with Gasteiger partial charge in [0, 0.05) is 13.7 Å². The van der Waals surface area contributed by atoms with Gasteiger partial charge in [0.1, 0.15) is 0 Å². The summed E-state index contributed by atoms with van der Waals surface area (Å²) in [7, 11) is 1.71. The van der Waals surface area contributed by atoms with Crippen LogP contribution in [-0.2, 0) is 22.6 Å². The predicted octanol–water partition coefficient (Wildman–Crippen LogP) is 2.83. The first kappa shape index (κ1) is 19.5. The smallest absolute Gasteiger partial charge is 0.191 e. The lowest BCUT2D eigenvalue weighted by atomic mass is 9.96. The van der Waals surface area contributed by atoms with Crippen LogP contribution in [0.4, 0.5) is 0 Å². The van der Waals surface area contributed by atoms with Gasteiger partial charge in [-0.2, -0.15) is 0 Å². The molecule has 1 aromatic carbocycles. The molecule has 6 heteroatoms. The molecule has 0 radical (unpaired) electrons. The number of guanidine groups is 1. The lowest BCUT2D eigenvalue weighted by Crippen LogP contribution is -2.47. The second kappa shape index (κ2) is 9.58. The van der Waals surface area contributed by atoms with E-state index in [0.717, 1.165) is 18.9 Å². The number of hydrogen-bond donors (Lipinski definition) is 2. The topological polar surface area (TPSA) is 54.9 Å². The highest BCUT2D eigenvalue weighted by Crippen LogP contribution is 2.34. The van der Waals surface area contributed by atoms with Crippen molar-refractivity contribution >= 4 is 29.9 Å². The highest BCUT2D eigenvalue weighted by Gasteiger charge is 2.41. The minimum Gasteiger partial charge on any atom is -0.380 e. The van der Waals surface area contributed by atoms with E-state index in [1.807, 2.05) is 0 Å². The standard InChI is InChI=1S/C18H27N3O2.HI/c1-3-19-18(21-16-10-15-8-9-17(16)23-15)20-11-13-4-6-14(7-5-13)12-22-2;/h4-7,15-17H,3,8-12H2,1-2H3,(H2,19,20,21);1H. The molecule has 2 N–H and O–H groups in total. The van der Waals surface area contributed by atoms with Crippen LogP contribution in [0, 0.1) is 0 Å². The zero-order valence-electron chi connectivity index (χ0n) is 14.5. The van der Waals surface area contributed by atoms with Gasteiger partial charge in [-0.3, -0.25) is 0 Å². The van der Waals surface area contributed by atoms with Crippen LogP contribution in [0.25, 0.3) is 0 Å². The van der Waals surface area contributed by atoms with E-state index in [2.05, 4.69) is 41.8 Å². The molecular weight excluding hydrogens is 417 g/mol. The molecule has 0 spiro atoms. The van der Waals surface area contributed by atoms with Gasteiger partial charge < -0.3 is 20.1 Å². The average Bonchev–Trinajstić information content (AvgIpc) is 3.17.